The van der Waals surface area contributed by atoms with Crippen LogP contribution in [0.1, 0.15) is 25.3 Å². The van der Waals surface area contributed by atoms with Crippen molar-refractivity contribution in [2.45, 2.75) is 31.3 Å². The molecular formula is C18H20Cl2N2O. The first-order valence-electron chi connectivity index (χ1n) is 7.65. The maximum Gasteiger partial charge on any atom is 0.244 e. The molecule has 23 heavy (non-hydrogen) atoms. The second kappa shape index (κ2) is 5.66. The lowest BCUT2D eigenvalue weighted by molar-refractivity contribution is -0.123. The lowest BCUT2D eigenvalue weighted by Crippen LogP contribution is -2.55. The molecule has 0 aromatic heterocycles. The second-order valence-electron chi connectivity index (χ2n) is 6.64. The number of nitrogens with one attached hydrogen (secondary N) is 1. The van der Waals surface area contributed by atoms with Gasteiger partial charge in [0.25, 0.3) is 0 Å². The Labute approximate surface area is 146 Å². The number of benzene rings is 1. The number of carbonyl (C=O) groups is 1. The molecule has 1 amide bonds. The van der Waals surface area contributed by atoms with Gasteiger partial charge in [-0.1, -0.05) is 53.6 Å². The Morgan fingerprint density at radius 3 is 2.70 bits per heavy atom. The number of fused-ring (bicyclic) bond motifs is 1. The van der Waals surface area contributed by atoms with Crippen LogP contribution in [0.5, 0.6) is 0 Å². The Morgan fingerprint density at radius 2 is 2.09 bits per heavy atom. The highest BCUT2D eigenvalue weighted by Crippen LogP contribution is 2.49. The van der Waals surface area contributed by atoms with Gasteiger partial charge in [0.1, 0.15) is 5.54 Å². The molecule has 5 heteroatoms. The quantitative estimate of drug-likeness (QED) is 0.799. The average molecular weight is 351 g/mol. The number of allylic oxidation sites excluding steroid dienone is 2. The molecule has 1 aromatic rings. The molecule has 0 bridgehead atoms. The first-order valence-corrected chi connectivity index (χ1v) is 8.41. The first kappa shape index (κ1) is 16.6. The summed E-state index contributed by atoms with van der Waals surface area (Å²) in [7, 11) is 0. The molecule has 1 aliphatic carbocycles. The number of halogens is 2. The van der Waals surface area contributed by atoms with Crippen molar-refractivity contribution < 1.29 is 4.79 Å². The summed E-state index contributed by atoms with van der Waals surface area (Å²) in [6, 6.07) is 5.49. The van der Waals surface area contributed by atoms with Gasteiger partial charge in [-0.15, -0.1) is 0 Å². The number of hydrogen-bond donors (Lipinski definition) is 2. The van der Waals surface area contributed by atoms with Gasteiger partial charge >= 0.3 is 0 Å². The van der Waals surface area contributed by atoms with Crippen molar-refractivity contribution in [2.24, 2.45) is 17.6 Å². The molecule has 3 N–H and O–H groups in total. The zero-order chi connectivity index (χ0) is 16.9. The van der Waals surface area contributed by atoms with Crippen LogP contribution in [-0.4, -0.2) is 17.5 Å². The summed E-state index contributed by atoms with van der Waals surface area (Å²) in [5, 5.41) is 4.19. The normalized spacial score (nSPS) is 35.8. The molecule has 1 heterocycles. The van der Waals surface area contributed by atoms with Crippen LogP contribution in [0.25, 0.3) is 0 Å². The summed E-state index contributed by atoms with van der Waals surface area (Å²) in [6.07, 6.45) is 3.81. The molecule has 0 radical (unpaired) electrons. The van der Waals surface area contributed by atoms with Crippen LogP contribution in [0.3, 0.4) is 0 Å². The third-order valence-electron chi connectivity index (χ3n) is 5.09. The van der Waals surface area contributed by atoms with Crippen molar-refractivity contribution in [1.82, 2.24) is 5.32 Å². The number of rotatable bonds is 2. The topological polar surface area (TPSA) is 55.1 Å². The number of carbonyl (C=O) groups excluding carboxylic acids is 1. The molecule has 122 valence electrons. The highest BCUT2D eigenvalue weighted by Gasteiger charge is 2.56. The predicted octanol–water partition coefficient (Wildman–Crippen LogP) is 3.67. The summed E-state index contributed by atoms with van der Waals surface area (Å²) >= 11 is 12.4. The van der Waals surface area contributed by atoms with Crippen LogP contribution < -0.4 is 11.1 Å². The Kier molecular flexibility index (Phi) is 4.07. The average Bonchev–Trinajstić information content (AvgIpc) is 2.68. The van der Waals surface area contributed by atoms with Gasteiger partial charge < -0.3 is 11.1 Å². The predicted molar refractivity (Wildman–Crippen MR) is 94.7 cm³/mol. The molecule has 1 aromatic carbocycles. The minimum absolute atomic E-state index is 0.0206. The van der Waals surface area contributed by atoms with Gasteiger partial charge in [-0.2, -0.15) is 0 Å². The van der Waals surface area contributed by atoms with Gasteiger partial charge in [0.2, 0.25) is 5.91 Å². The largest absolute Gasteiger partial charge is 0.351 e. The fraction of sp³-hybridized carbons (Fsp3) is 0.389. The number of amides is 1. The van der Waals surface area contributed by atoms with E-state index in [1.807, 2.05) is 38.1 Å². The van der Waals surface area contributed by atoms with E-state index in [-0.39, 0.29) is 29.7 Å². The van der Waals surface area contributed by atoms with E-state index in [0.717, 1.165) is 11.1 Å². The van der Waals surface area contributed by atoms with E-state index in [1.54, 1.807) is 6.07 Å². The van der Waals surface area contributed by atoms with Gasteiger partial charge in [-0.3, -0.25) is 4.79 Å². The van der Waals surface area contributed by atoms with Gasteiger partial charge in [-0.25, -0.2) is 0 Å². The van der Waals surface area contributed by atoms with Gasteiger partial charge in [-0.05, 0) is 37.5 Å². The van der Waals surface area contributed by atoms with Crippen LogP contribution >= 0.6 is 23.2 Å². The molecule has 1 fully saturated rings. The van der Waals surface area contributed by atoms with Gasteiger partial charge in [0, 0.05) is 27.9 Å². The monoisotopic (exact) mass is 350 g/mol. The smallest absolute Gasteiger partial charge is 0.244 e. The second-order valence-corrected chi connectivity index (χ2v) is 7.49. The third-order valence-corrected chi connectivity index (χ3v) is 5.65. The summed E-state index contributed by atoms with van der Waals surface area (Å²) in [6.45, 7) is 8.13. The van der Waals surface area contributed by atoms with Crippen molar-refractivity contribution >= 4 is 29.1 Å². The molecule has 2 aliphatic rings. The van der Waals surface area contributed by atoms with Crippen molar-refractivity contribution in [1.29, 1.82) is 0 Å². The molecule has 0 saturated carbocycles. The zero-order valence-electron chi connectivity index (χ0n) is 13.1. The minimum Gasteiger partial charge on any atom is -0.351 e. The highest BCUT2D eigenvalue weighted by molar-refractivity contribution is 6.35. The standard InChI is InChI=1S/C18H20Cl2N2O/c1-9(2)15-13(12-5-4-11(19)8-14(12)20)6-7-18(21)16(15)10(3)22-17(18)23/h4-8,10,13,15-16H,1,21H2,2-3H3,(H,22,23). The third kappa shape index (κ3) is 2.51. The molecule has 1 saturated heterocycles. The maximum absolute atomic E-state index is 12.3. The van der Waals surface area contributed by atoms with Gasteiger partial charge in [0.15, 0.2) is 0 Å². The molecule has 5 atom stereocenters. The van der Waals surface area contributed by atoms with Gasteiger partial charge in [0.05, 0.1) is 0 Å². The fourth-order valence-electron chi connectivity index (χ4n) is 4.07. The van der Waals surface area contributed by atoms with Crippen LogP contribution in [0.4, 0.5) is 0 Å². The summed E-state index contributed by atoms with van der Waals surface area (Å²) in [5.41, 5.74) is 7.42. The van der Waals surface area contributed by atoms with E-state index in [1.165, 1.54) is 0 Å². The van der Waals surface area contributed by atoms with Crippen molar-refractivity contribution in [3.8, 4) is 0 Å². The number of nitrogens with two attached hydrogens (primary N) is 1. The molecule has 0 spiro atoms. The van der Waals surface area contributed by atoms with E-state index in [0.29, 0.717) is 10.0 Å². The van der Waals surface area contributed by atoms with Crippen LogP contribution in [0.15, 0.2) is 42.5 Å². The van der Waals surface area contributed by atoms with Crippen molar-refractivity contribution in [2.75, 3.05) is 0 Å². The summed E-state index contributed by atoms with van der Waals surface area (Å²) in [5.74, 6) is -0.140. The van der Waals surface area contributed by atoms with E-state index < -0.39 is 5.54 Å². The SMILES string of the molecule is C=C(C)C1C(c2ccc(Cl)cc2Cl)C=CC2(N)C(=O)NC(C)C12. The van der Waals surface area contributed by atoms with E-state index >= 15 is 0 Å². The molecular weight excluding hydrogens is 331 g/mol. The Hall–Kier alpha value is -1.29. The molecule has 3 nitrogen and oxygen atoms in total. The van der Waals surface area contributed by atoms with Crippen LogP contribution in [-0.2, 0) is 4.79 Å². The number of hydrogen-bond acceptors (Lipinski definition) is 2. The van der Waals surface area contributed by atoms with Crippen molar-refractivity contribution in [3.05, 3.63) is 58.1 Å². The Morgan fingerprint density at radius 1 is 1.39 bits per heavy atom. The Bertz CT molecular complexity index is 715. The maximum atomic E-state index is 12.3. The first-order chi connectivity index (χ1) is 10.8. The fourth-order valence-corrected chi connectivity index (χ4v) is 4.60. The van der Waals surface area contributed by atoms with E-state index in [9.17, 15) is 4.79 Å². The Balaban J connectivity index is 2.13. The van der Waals surface area contributed by atoms with Crippen molar-refractivity contribution in [3.63, 3.8) is 0 Å². The van der Waals surface area contributed by atoms with Crippen LogP contribution in [0.2, 0.25) is 10.0 Å². The highest BCUT2D eigenvalue weighted by atomic mass is 35.5. The lowest BCUT2D eigenvalue weighted by atomic mass is 9.62. The molecule has 3 rings (SSSR count). The lowest BCUT2D eigenvalue weighted by Gasteiger charge is -2.42. The molecule has 1 aliphatic heterocycles. The van der Waals surface area contributed by atoms with Crippen LogP contribution in [0, 0.1) is 11.8 Å². The summed E-state index contributed by atoms with van der Waals surface area (Å²) in [4.78, 5) is 12.3. The minimum atomic E-state index is -0.988. The zero-order valence-corrected chi connectivity index (χ0v) is 14.7. The van der Waals surface area contributed by atoms with E-state index in [4.69, 9.17) is 28.9 Å². The van der Waals surface area contributed by atoms with E-state index in [2.05, 4.69) is 11.9 Å². The summed E-state index contributed by atoms with van der Waals surface area (Å²) < 4.78 is 0. The molecule has 5 unspecified atom stereocenters.